The highest BCUT2D eigenvalue weighted by molar-refractivity contribution is 5.73. The molecule has 0 amide bonds. The van der Waals surface area contributed by atoms with Crippen molar-refractivity contribution in [3.63, 3.8) is 0 Å². The van der Waals surface area contributed by atoms with Crippen LogP contribution >= 0.6 is 0 Å². The van der Waals surface area contributed by atoms with Gasteiger partial charge in [0.05, 0.1) is 6.42 Å². The molecule has 22 heavy (non-hydrogen) atoms. The highest BCUT2D eigenvalue weighted by Gasteiger charge is 2.17. The van der Waals surface area contributed by atoms with Crippen LogP contribution in [0.15, 0.2) is 40.8 Å². The summed E-state index contributed by atoms with van der Waals surface area (Å²) in [4.78, 5) is 4.36. The molecule has 114 valence electrons. The van der Waals surface area contributed by atoms with Crippen LogP contribution in [0.1, 0.15) is 37.8 Å². The highest BCUT2D eigenvalue weighted by Crippen LogP contribution is 2.27. The van der Waals surface area contributed by atoms with E-state index in [9.17, 15) is 8.78 Å². The van der Waals surface area contributed by atoms with Crippen LogP contribution in [-0.4, -0.2) is 4.98 Å². The smallest absolute Gasteiger partial charge is 0.200 e. The lowest BCUT2D eigenvalue weighted by Gasteiger charge is -2.18. The van der Waals surface area contributed by atoms with E-state index >= 15 is 0 Å². The molecule has 0 aliphatic rings. The van der Waals surface area contributed by atoms with Gasteiger partial charge in [-0.25, -0.2) is 13.8 Å². The standard InChI is InChI=1S/C18H17F2NO/c1-18(2,3)11-7-8-16-15(9-11)21-17(22-16)10-12-13(19)5-4-6-14(12)20/h4-9H,10H2,1-3H3. The number of aromatic nitrogens is 1. The lowest BCUT2D eigenvalue weighted by molar-refractivity contribution is 0.515. The molecule has 1 aromatic heterocycles. The first-order valence-corrected chi connectivity index (χ1v) is 7.17. The molecule has 0 radical (unpaired) electrons. The SMILES string of the molecule is CC(C)(C)c1ccc2oc(Cc3c(F)cccc3F)nc2c1. The van der Waals surface area contributed by atoms with Gasteiger partial charge in [-0.2, -0.15) is 0 Å². The maximum absolute atomic E-state index is 13.7. The Kier molecular flexibility index (Phi) is 3.47. The van der Waals surface area contributed by atoms with Gasteiger partial charge in [-0.1, -0.05) is 32.9 Å². The van der Waals surface area contributed by atoms with Crippen molar-refractivity contribution in [1.29, 1.82) is 0 Å². The van der Waals surface area contributed by atoms with Crippen LogP contribution in [-0.2, 0) is 11.8 Å². The molecule has 0 aliphatic carbocycles. The summed E-state index contributed by atoms with van der Waals surface area (Å²) in [7, 11) is 0. The zero-order valence-corrected chi connectivity index (χ0v) is 12.8. The van der Waals surface area contributed by atoms with E-state index in [0.29, 0.717) is 17.0 Å². The average Bonchev–Trinajstić information content (AvgIpc) is 2.83. The van der Waals surface area contributed by atoms with Crippen molar-refractivity contribution in [3.05, 3.63) is 65.1 Å². The van der Waals surface area contributed by atoms with Gasteiger partial charge in [0.1, 0.15) is 17.2 Å². The maximum atomic E-state index is 13.7. The second-order valence-electron chi connectivity index (χ2n) is 6.42. The number of fused-ring (bicyclic) bond motifs is 1. The van der Waals surface area contributed by atoms with Crippen LogP contribution in [0.5, 0.6) is 0 Å². The molecule has 4 heteroatoms. The number of halogens is 2. The molecule has 0 bridgehead atoms. The molecule has 0 aliphatic heterocycles. The first-order valence-electron chi connectivity index (χ1n) is 7.17. The van der Waals surface area contributed by atoms with Gasteiger partial charge in [0.25, 0.3) is 0 Å². The van der Waals surface area contributed by atoms with Crippen molar-refractivity contribution in [2.75, 3.05) is 0 Å². The Hall–Kier alpha value is -2.23. The van der Waals surface area contributed by atoms with Crippen molar-refractivity contribution in [2.24, 2.45) is 0 Å². The first-order chi connectivity index (χ1) is 10.3. The third-order valence-electron chi connectivity index (χ3n) is 3.69. The molecule has 0 saturated carbocycles. The summed E-state index contributed by atoms with van der Waals surface area (Å²) in [6.07, 6.45) is -0.00195. The largest absolute Gasteiger partial charge is 0.440 e. The average molecular weight is 301 g/mol. The van der Waals surface area contributed by atoms with E-state index in [1.807, 2.05) is 18.2 Å². The van der Waals surface area contributed by atoms with Gasteiger partial charge >= 0.3 is 0 Å². The highest BCUT2D eigenvalue weighted by atomic mass is 19.1. The molecule has 0 unspecified atom stereocenters. The predicted molar refractivity (Wildman–Crippen MR) is 81.9 cm³/mol. The van der Waals surface area contributed by atoms with Crippen LogP contribution in [0.2, 0.25) is 0 Å². The monoisotopic (exact) mass is 301 g/mol. The van der Waals surface area contributed by atoms with E-state index < -0.39 is 11.6 Å². The molecule has 3 rings (SSSR count). The summed E-state index contributed by atoms with van der Waals surface area (Å²) in [5.74, 6) is -0.861. The lowest BCUT2D eigenvalue weighted by atomic mass is 9.87. The summed E-state index contributed by atoms with van der Waals surface area (Å²) in [5, 5.41) is 0. The van der Waals surface area contributed by atoms with Crippen molar-refractivity contribution >= 4 is 11.1 Å². The fourth-order valence-electron chi connectivity index (χ4n) is 2.37. The van der Waals surface area contributed by atoms with Crippen molar-refractivity contribution in [3.8, 4) is 0 Å². The summed E-state index contributed by atoms with van der Waals surface area (Å²) < 4.78 is 33.0. The molecule has 2 nitrogen and oxygen atoms in total. The van der Waals surface area contributed by atoms with E-state index in [-0.39, 0.29) is 17.4 Å². The predicted octanol–water partition coefficient (Wildman–Crippen LogP) is 4.99. The quantitative estimate of drug-likeness (QED) is 0.666. The first kappa shape index (κ1) is 14.7. The van der Waals surface area contributed by atoms with Crippen molar-refractivity contribution in [1.82, 2.24) is 4.98 Å². The molecular formula is C18H17F2NO. The zero-order chi connectivity index (χ0) is 15.9. The third-order valence-corrected chi connectivity index (χ3v) is 3.69. The zero-order valence-electron chi connectivity index (χ0n) is 12.8. The minimum atomic E-state index is -0.586. The Balaban J connectivity index is 1.99. The molecule has 0 fully saturated rings. The summed E-state index contributed by atoms with van der Waals surface area (Å²) in [5.41, 5.74) is 2.45. The van der Waals surface area contributed by atoms with Crippen LogP contribution in [0.4, 0.5) is 8.78 Å². The van der Waals surface area contributed by atoms with E-state index in [1.54, 1.807) is 0 Å². The van der Waals surface area contributed by atoms with E-state index in [2.05, 4.69) is 25.8 Å². The second kappa shape index (κ2) is 5.20. The summed E-state index contributed by atoms with van der Waals surface area (Å²) in [6.45, 7) is 6.34. The van der Waals surface area contributed by atoms with Crippen molar-refractivity contribution in [2.45, 2.75) is 32.6 Å². The molecule has 0 atom stereocenters. The van der Waals surface area contributed by atoms with Gasteiger partial charge in [0.2, 0.25) is 0 Å². The Labute approximate surface area is 127 Å². The fourth-order valence-corrected chi connectivity index (χ4v) is 2.37. The second-order valence-corrected chi connectivity index (χ2v) is 6.42. The molecule has 1 heterocycles. The van der Waals surface area contributed by atoms with Gasteiger partial charge in [-0.15, -0.1) is 0 Å². The fraction of sp³-hybridized carbons (Fsp3) is 0.278. The van der Waals surface area contributed by atoms with Crippen LogP contribution in [0.25, 0.3) is 11.1 Å². The number of hydrogen-bond donors (Lipinski definition) is 0. The van der Waals surface area contributed by atoms with Gasteiger partial charge < -0.3 is 4.42 Å². The normalized spacial score (nSPS) is 12.0. The number of oxazole rings is 1. The van der Waals surface area contributed by atoms with Crippen molar-refractivity contribution < 1.29 is 13.2 Å². The Morgan fingerprint density at radius 3 is 2.36 bits per heavy atom. The molecule has 0 spiro atoms. The van der Waals surface area contributed by atoms with E-state index in [0.717, 1.165) is 5.56 Å². The molecular weight excluding hydrogens is 284 g/mol. The van der Waals surface area contributed by atoms with Gasteiger partial charge in [-0.05, 0) is 35.2 Å². The Morgan fingerprint density at radius 1 is 1.05 bits per heavy atom. The Morgan fingerprint density at radius 2 is 1.73 bits per heavy atom. The van der Waals surface area contributed by atoms with Crippen LogP contribution in [0, 0.1) is 11.6 Å². The number of hydrogen-bond acceptors (Lipinski definition) is 2. The Bertz CT molecular complexity index is 810. The van der Waals surface area contributed by atoms with Gasteiger partial charge in [0.15, 0.2) is 11.5 Å². The van der Waals surface area contributed by atoms with Gasteiger partial charge in [-0.3, -0.25) is 0 Å². The molecule has 2 aromatic carbocycles. The summed E-state index contributed by atoms with van der Waals surface area (Å²) >= 11 is 0. The number of nitrogens with zero attached hydrogens (tertiary/aromatic N) is 1. The topological polar surface area (TPSA) is 26.0 Å². The van der Waals surface area contributed by atoms with Crippen LogP contribution in [0.3, 0.4) is 0 Å². The summed E-state index contributed by atoms with van der Waals surface area (Å²) in [6, 6.07) is 9.61. The van der Waals surface area contributed by atoms with E-state index in [1.165, 1.54) is 18.2 Å². The molecule has 0 saturated heterocycles. The lowest BCUT2D eigenvalue weighted by Crippen LogP contribution is -2.10. The number of benzene rings is 2. The van der Waals surface area contributed by atoms with Crippen LogP contribution < -0.4 is 0 Å². The van der Waals surface area contributed by atoms with Gasteiger partial charge in [0, 0.05) is 5.56 Å². The third kappa shape index (κ3) is 2.73. The minimum Gasteiger partial charge on any atom is -0.440 e. The number of rotatable bonds is 2. The molecule has 3 aromatic rings. The minimum absolute atomic E-state index is 0.00195. The van der Waals surface area contributed by atoms with E-state index in [4.69, 9.17) is 4.42 Å². The maximum Gasteiger partial charge on any atom is 0.200 e. The molecule has 0 N–H and O–H groups in total.